The quantitative estimate of drug-likeness (QED) is 0.866. The molecule has 1 saturated carbocycles. The number of piperazine rings is 1. The summed E-state index contributed by atoms with van der Waals surface area (Å²) in [6.45, 7) is 12.7. The second-order valence-corrected chi connectivity index (χ2v) is 8.51. The average molecular weight is 294 g/mol. The third-order valence-corrected chi connectivity index (χ3v) is 4.51. The number of amides is 2. The molecule has 1 N–H and O–H groups in total. The molecule has 1 heterocycles. The van der Waals surface area contributed by atoms with Crippen molar-refractivity contribution < 1.29 is 9.59 Å². The van der Waals surface area contributed by atoms with Gasteiger partial charge in [0.2, 0.25) is 11.8 Å². The molecule has 2 unspecified atom stereocenters. The minimum absolute atomic E-state index is 0.0241. The molecule has 4 nitrogen and oxygen atoms in total. The van der Waals surface area contributed by atoms with Crippen LogP contribution in [0.4, 0.5) is 0 Å². The molecule has 0 spiro atoms. The summed E-state index contributed by atoms with van der Waals surface area (Å²) in [7, 11) is 0. The molecule has 2 rings (SSSR count). The van der Waals surface area contributed by atoms with Crippen LogP contribution in [-0.2, 0) is 9.59 Å². The van der Waals surface area contributed by atoms with E-state index in [0.717, 1.165) is 19.3 Å². The number of hydrogen-bond acceptors (Lipinski definition) is 2. The Balaban J connectivity index is 2.30. The van der Waals surface area contributed by atoms with Gasteiger partial charge in [-0.05, 0) is 50.9 Å². The van der Waals surface area contributed by atoms with Gasteiger partial charge in [0.05, 0.1) is 0 Å². The van der Waals surface area contributed by atoms with Crippen LogP contribution < -0.4 is 5.32 Å². The zero-order valence-electron chi connectivity index (χ0n) is 14.3. The highest BCUT2D eigenvalue weighted by atomic mass is 16.2. The molecular weight excluding hydrogens is 264 g/mol. The van der Waals surface area contributed by atoms with Gasteiger partial charge in [0.25, 0.3) is 0 Å². The van der Waals surface area contributed by atoms with Gasteiger partial charge in [-0.15, -0.1) is 0 Å². The van der Waals surface area contributed by atoms with Gasteiger partial charge in [0.1, 0.15) is 12.1 Å². The van der Waals surface area contributed by atoms with Crippen molar-refractivity contribution in [2.24, 2.45) is 11.3 Å². The number of hydrogen-bond donors (Lipinski definition) is 1. The van der Waals surface area contributed by atoms with Gasteiger partial charge in [-0.25, -0.2) is 0 Å². The smallest absolute Gasteiger partial charge is 0.246 e. The van der Waals surface area contributed by atoms with Crippen LogP contribution in [0, 0.1) is 11.3 Å². The lowest BCUT2D eigenvalue weighted by Crippen LogP contribution is -2.69. The molecule has 120 valence electrons. The van der Waals surface area contributed by atoms with E-state index in [1.54, 1.807) is 0 Å². The highest BCUT2D eigenvalue weighted by Crippen LogP contribution is 2.39. The molecule has 2 amide bonds. The van der Waals surface area contributed by atoms with Crippen molar-refractivity contribution in [1.29, 1.82) is 0 Å². The normalized spacial score (nSPS) is 27.8. The fourth-order valence-electron chi connectivity index (χ4n) is 3.95. The van der Waals surface area contributed by atoms with Gasteiger partial charge < -0.3 is 10.2 Å². The Morgan fingerprint density at radius 1 is 1.14 bits per heavy atom. The van der Waals surface area contributed by atoms with Gasteiger partial charge in [-0.1, -0.05) is 27.7 Å². The first-order valence-electron chi connectivity index (χ1n) is 8.20. The zero-order chi connectivity index (χ0) is 16.0. The van der Waals surface area contributed by atoms with Crippen LogP contribution in [0.1, 0.15) is 67.2 Å². The molecule has 0 aromatic heterocycles. The average Bonchev–Trinajstić information content (AvgIpc) is 3.11. The van der Waals surface area contributed by atoms with E-state index >= 15 is 0 Å². The van der Waals surface area contributed by atoms with E-state index in [1.807, 2.05) is 11.8 Å². The maximum atomic E-state index is 13.0. The largest absolute Gasteiger partial charge is 0.342 e. The Hall–Kier alpha value is -1.06. The maximum Gasteiger partial charge on any atom is 0.246 e. The monoisotopic (exact) mass is 294 g/mol. The SMILES string of the molecule is CCC1C(=O)NC(C2CC2)C(=O)N1C(C)(C)CC(C)(C)C. The van der Waals surface area contributed by atoms with Gasteiger partial charge in [-0.3, -0.25) is 9.59 Å². The first-order chi connectivity index (χ1) is 9.57. The lowest BCUT2D eigenvalue weighted by molar-refractivity contribution is -0.158. The van der Waals surface area contributed by atoms with E-state index in [1.165, 1.54) is 0 Å². The predicted molar refractivity (Wildman–Crippen MR) is 83.7 cm³/mol. The van der Waals surface area contributed by atoms with Crippen LogP contribution >= 0.6 is 0 Å². The standard InChI is InChI=1S/C17H30N2O2/c1-7-12-14(20)18-13(11-8-9-11)15(21)19(12)17(5,6)10-16(2,3)4/h11-13H,7-10H2,1-6H3,(H,18,20). The molecule has 21 heavy (non-hydrogen) atoms. The molecule has 0 radical (unpaired) electrons. The van der Waals surface area contributed by atoms with Gasteiger partial charge in [0, 0.05) is 5.54 Å². The number of carbonyl (C=O) groups excluding carboxylic acids is 2. The van der Waals surface area contributed by atoms with Crippen LogP contribution in [0.2, 0.25) is 0 Å². The molecule has 2 aliphatic rings. The fourth-order valence-corrected chi connectivity index (χ4v) is 3.95. The van der Waals surface area contributed by atoms with Crippen LogP contribution in [0.25, 0.3) is 0 Å². The highest BCUT2D eigenvalue weighted by molar-refractivity contribution is 5.97. The molecule has 0 bridgehead atoms. The molecule has 0 aromatic rings. The summed E-state index contributed by atoms with van der Waals surface area (Å²) in [5.74, 6) is 0.501. The van der Waals surface area contributed by atoms with Gasteiger partial charge >= 0.3 is 0 Å². The second kappa shape index (κ2) is 5.29. The summed E-state index contributed by atoms with van der Waals surface area (Å²) < 4.78 is 0. The molecule has 2 atom stereocenters. The van der Waals surface area contributed by atoms with Crippen LogP contribution in [0.3, 0.4) is 0 Å². The van der Waals surface area contributed by atoms with E-state index in [0.29, 0.717) is 12.3 Å². The third kappa shape index (κ3) is 3.41. The number of carbonyl (C=O) groups is 2. The molecule has 1 saturated heterocycles. The number of rotatable bonds is 4. The minimum atomic E-state index is -0.329. The summed E-state index contributed by atoms with van der Waals surface area (Å²) in [4.78, 5) is 27.3. The molecule has 0 aromatic carbocycles. The zero-order valence-corrected chi connectivity index (χ0v) is 14.3. The first kappa shape index (κ1) is 16.3. The lowest BCUT2D eigenvalue weighted by atomic mass is 9.79. The maximum absolute atomic E-state index is 13.0. The van der Waals surface area contributed by atoms with E-state index < -0.39 is 0 Å². The van der Waals surface area contributed by atoms with Gasteiger partial charge in [-0.2, -0.15) is 0 Å². The van der Waals surface area contributed by atoms with Crippen LogP contribution in [0.5, 0.6) is 0 Å². The first-order valence-corrected chi connectivity index (χ1v) is 8.20. The fraction of sp³-hybridized carbons (Fsp3) is 0.882. The van der Waals surface area contributed by atoms with Crippen molar-refractivity contribution in [1.82, 2.24) is 10.2 Å². The summed E-state index contributed by atoms with van der Waals surface area (Å²) in [5, 5.41) is 2.96. The van der Waals surface area contributed by atoms with E-state index in [4.69, 9.17) is 0 Å². The van der Waals surface area contributed by atoms with Crippen molar-refractivity contribution in [2.75, 3.05) is 0 Å². The summed E-state index contributed by atoms with van der Waals surface area (Å²) in [6.07, 6.45) is 3.66. The number of nitrogens with zero attached hydrogens (tertiary/aromatic N) is 1. The third-order valence-electron chi connectivity index (χ3n) is 4.51. The molecule has 1 aliphatic carbocycles. The molecule has 1 aliphatic heterocycles. The Labute approximate surface area is 128 Å². The summed E-state index contributed by atoms with van der Waals surface area (Å²) in [6, 6.07) is -0.621. The topological polar surface area (TPSA) is 49.4 Å². The lowest BCUT2D eigenvalue weighted by Gasteiger charge is -2.49. The predicted octanol–water partition coefficient (Wildman–Crippen LogP) is 2.72. The Morgan fingerprint density at radius 3 is 2.14 bits per heavy atom. The Bertz CT molecular complexity index is 433. The highest BCUT2D eigenvalue weighted by Gasteiger charge is 2.50. The summed E-state index contributed by atoms with van der Waals surface area (Å²) >= 11 is 0. The van der Waals surface area contributed by atoms with Gasteiger partial charge in [0.15, 0.2) is 0 Å². The van der Waals surface area contributed by atoms with Crippen molar-refractivity contribution in [3.8, 4) is 0 Å². The van der Waals surface area contributed by atoms with Crippen molar-refractivity contribution in [3.63, 3.8) is 0 Å². The van der Waals surface area contributed by atoms with Crippen molar-refractivity contribution >= 4 is 11.8 Å². The minimum Gasteiger partial charge on any atom is -0.342 e. The second-order valence-electron chi connectivity index (χ2n) is 8.51. The van der Waals surface area contributed by atoms with E-state index in [-0.39, 0.29) is 34.9 Å². The molecule has 4 heteroatoms. The van der Waals surface area contributed by atoms with Crippen LogP contribution in [0.15, 0.2) is 0 Å². The van der Waals surface area contributed by atoms with E-state index in [9.17, 15) is 9.59 Å². The number of nitrogens with one attached hydrogen (secondary N) is 1. The van der Waals surface area contributed by atoms with E-state index in [2.05, 4.69) is 39.9 Å². The van der Waals surface area contributed by atoms with Crippen molar-refractivity contribution in [3.05, 3.63) is 0 Å². The molecular formula is C17H30N2O2. The Kier molecular flexibility index (Phi) is 4.11. The van der Waals surface area contributed by atoms with Crippen LogP contribution in [-0.4, -0.2) is 34.3 Å². The Morgan fingerprint density at radius 2 is 1.71 bits per heavy atom. The van der Waals surface area contributed by atoms with Crippen molar-refractivity contribution in [2.45, 2.75) is 84.8 Å². The summed E-state index contributed by atoms with van der Waals surface area (Å²) in [5.41, 5.74) is -0.189. The molecule has 2 fully saturated rings.